The van der Waals surface area contributed by atoms with Gasteiger partial charge in [0.05, 0.1) is 6.10 Å². The zero-order valence-electron chi connectivity index (χ0n) is 20.3. The number of hydrogen-bond acceptors (Lipinski definition) is 6. The second-order valence-corrected chi connectivity index (χ2v) is 11.3. The van der Waals surface area contributed by atoms with Crippen LogP contribution in [0.4, 0.5) is 0 Å². The van der Waals surface area contributed by atoms with Gasteiger partial charge in [-0.15, -0.1) is 0 Å². The van der Waals surface area contributed by atoms with E-state index in [9.17, 15) is 24.6 Å². The van der Waals surface area contributed by atoms with Crippen molar-refractivity contribution in [3.05, 3.63) is 23.8 Å². The van der Waals surface area contributed by atoms with Crippen molar-refractivity contribution >= 4 is 17.5 Å². The molecule has 0 amide bonds. The van der Waals surface area contributed by atoms with Gasteiger partial charge in [-0.25, -0.2) is 0 Å². The molecule has 4 rings (SSSR count). The first-order chi connectivity index (χ1) is 15.5. The summed E-state index contributed by atoms with van der Waals surface area (Å²) in [6.07, 6.45) is 9.86. The highest BCUT2D eigenvalue weighted by Crippen LogP contribution is 2.68. The molecule has 0 aromatic carbocycles. The van der Waals surface area contributed by atoms with Crippen LogP contribution < -0.4 is 0 Å². The summed E-state index contributed by atoms with van der Waals surface area (Å²) in [6, 6.07) is 0. The number of carbonyl (C=O) groups excluding carboxylic acids is 3. The Bertz CT molecular complexity index is 904. The zero-order chi connectivity index (χ0) is 24.2. The quantitative estimate of drug-likeness (QED) is 0.591. The Labute approximate surface area is 196 Å². The highest BCUT2D eigenvalue weighted by Gasteiger charge is 2.71. The minimum Gasteiger partial charge on any atom is -0.458 e. The van der Waals surface area contributed by atoms with Crippen molar-refractivity contribution in [2.45, 2.75) is 84.3 Å². The molecule has 4 aliphatic rings. The Morgan fingerprint density at radius 2 is 2.00 bits per heavy atom. The third-order valence-corrected chi connectivity index (χ3v) is 9.62. The summed E-state index contributed by atoms with van der Waals surface area (Å²) < 4.78 is 5.03. The molecule has 0 aliphatic heterocycles. The second-order valence-electron chi connectivity index (χ2n) is 11.3. The Kier molecular flexibility index (Phi) is 6.24. The lowest BCUT2D eigenvalue weighted by atomic mass is 9.46. The summed E-state index contributed by atoms with van der Waals surface area (Å²) in [5.41, 5.74) is -1.74. The molecule has 8 atom stereocenters. The predicted octanol–water partition coefficient (Wildman–Crippen LogP) is 3.54. The molecule has 0 spiro atoms. The van der Waals surface area contributed by atoms with Gasteiger partial charge in [0, 0.05) is 23.7 Å². The van der Waals surface area contributed by atoms with Crippen LogP contribution in [0.5, 0.6) is 0 Å². The fourth-order valence-electron chi connectivity index (χ4n) is 8.09. The van der Waals surface area contributed by atoms with E-state index < -0.39 is 35.5 Å². The van der Waals surface area contributed by atoms with Crippen molar-refractivity contribution in [3.63, 3.8) is 0 Å². The molecule has 0 bridgehead atoms. The number of esters is 1. The lowest BCUT2D eigenvalue weighted by Crippen LogP contribution is -2.63. The van der Waals surface area contributed by atoms with Gasteiger partial charge in [0.15, 0.2) is 12.4 Å². The zero-order valence-corrected chi connectivity index (χ0v) is 20.3. The molecular formula is C27H38O6. The molecule has 3 saturated carbocycles. The summed E-state index contributed by atoms with van der Waals surface area (Å²) in [4.78, 5) is 36.8. The van der Waals surface area contributed by atoms with Crippen molar-refractivity contribution in [3.8, 4) is 0 Å². The van der Waals surface area contributed by atoms with Crippen molar-refractivity contribution < 1.29 is 29.3 Å². The molecule has 0 saturated heterocycles. The van der Waals surface area contributed by atoms with E-state index in [1.165, 1.54) is 6.92 Å². The number of aliphatic hydroxyl groups excluding tert-OH is 1. The molecule has 2 unspecified atom stereocenters. The lowest BCUT2D eigenvalue weighted by molar-refractivity contribution is -0.187. The summed E-state index contributed by atoms with van der Waals surface area (Å²) in [5, 5.41) is 23.7. The van der Waals surface area contributed by atoms with E-state index >= 15 is 0 Å². The number of fused-ring (bicyclic) bond motifs is 5. The fourth-order valence-corrected chi connectivity index (χ4v) is 8.09. The van der Waals surface area contributed by atoms with Crippen LogP contribution in [0, 0.1) is 34.5 Å². The standard InChI is InChI=1S/C27H38O6/c1-5-6-7-18-13-21-20-9-8-17-12-19(29)10-11-25(17,3)24(20)22(30)14-26(21,4)27(18,32)23(31)15-33-16(2)28/h10-12,18,20-22,24,30,32H,5-9,13-15H2,1-4H3/t18?,20-,21-,22?,24+,25-,26-,27-/m0/s1. The van der Waals surface area contributed by atoms with Crippen LogP contribution in [0.15, 0.2) is 23.8 Å². The number of allylic oxidation sites excluding steroid dienone is 4. The first-order valence-corrected chi connectivity index (χ1v) is 12.5. The molecule has 0 radical (unpaired) electrons. The number of aliphatic hydroxyl groups is 2. The SMILES string of the molecule is CCCCC1C[C@H]2[C@@H]3CCC4=CC(=O)C=C[C@]4(C)[C@H]3C(O)C[C@]2(C)[C@@]1(O)C(=O)COC(C)=O. The molecule has 0 aromatic rings. The molecule has 4 aliphatic carbocycles. The van der Waals surface area contributed by atoms with Gasteiger partial charge in [-0.3, -0.25) is 14.4 Å². The van der Waals surface area contributed by atoms with Crippen LogP contribution in [-0.2, 0) is 19.1 Å². The highest BCUT2D eigenvalue weighted by molar-refractivity contribution is 6.01. The van der Waals surface area contributed by atoms with E-state index in [2.05, 4.69) is 13.8 Å². The van der Waals surface area contributed by atoms with Crippen molar-refractivity contribution in [1.82, 2.24) is 0 Å². The van der Waals surface area contributed by atoms with E-state index in [0.29, 0.717) is 6.42 Å². The Balaban J connectivity index is 1.73. The van der Waals surface area contributed by atoms with Crippen LogP contribution in [0.3, 0.4) is 0 Å². The predicted molar refractivity (Wildman–Crippen MR) is 123 cm³/mol. The minimum absolute atomic E-state index is 0.00185. The number of Topliss-reactive ketones (excluding diaryl/α,β-unsaturated/α-hetero) is 1. The van der Waals surface area contributed by atoms with E-state index in [1.807, 2.05) is 13.0 Å². The highest BCUT2D eigenvalue weighted by atomic mass is 16.5. The summed E-state index contributed by atoms with van der Waals surface area (Å²) in [5.74, 6) is -1.06. The van der Waals surface area contributed by atoms with Crippen LogP contribution in [0.2, 0.25) is 0 Å². The van der Waals surface area contributed by atoms with Gasteiger partial charge in [0.2, 0.25) is 5.78 Å². The van der Waals surface area contributed by atoms with Gasteiger partial charge < -0.3 is 14.9 Å². The fraction of sp³-hybridized carbons (Fsp3) is 0.741. The average molecular weight is 459 g/mol. The van der Waals surface area contributed by atoms with E-state index in [0.717, 1.165) is 44.1 Å². The summed E-state index contributed by atoms with van der Waals surface area (Å²) in [7, 11) is 0. The largest absolute Gasteiger partial charge is 0.458 e. The summed E-state index contributed by atoms with van der Waals surface area (Å²) in [6.45, 7) is 7.00. The van der Waals surface area contributed by atoms with Gasteiger partial charge >= 0.3 is 5.97 Å². The number of rotatable bonds is 6. The normalized spacial score (nSPS) is 43.9. The van der Waals surface area contributed by atoms with Gasteiger partial charge in [-0.05, 0) is 62.0 Å². The molecule has 2 N–H and O–H groups in total. The number of unbranched alkanes of at least 4 members (excludes halogenated alkanes) is 1. The monoisotopic (exact) mass is 458 g/mol. The average Bonchev–Trinajstić information content (AvgIpc) is 2.98. The third-order valence-electron chi connectivity index (χ3n) is 9.62. The van der Waals surface area contributed by atoms with Crippen molar-refractivity contribution in [1.29, 1.82) is 0 Å². The molecule has 6 nitrogen and oxygen atoms in total. The third kappa shape index (κ3) is 3.56. The number of ketones is 2. The van der Waals surface area contributed by atoms with Gasteiger partial charge in [0.25, 0.3) is 0 Å². The van der Waals surface area contributed by atoms with Crippen LogP contribution in [0.1, 0.15) is 72.6 Å². The maximum atomic E-state index is 13.4. The number of hydrogen-bond donors (Lipinski definition) is 2. The summed E-state index contributed by atoms with van der Waals surface area (Å²) >= 11 is 0. The first kappa shape index (κ1) is 24.3. The topological polar surface area (TPSA) is 101 Å². The first-order valence-electron chi connectivity index (χ1n) is 12.5. The number of carbonyl (C=O) groups is 3. The number of ether oxygens (including phenoxy) is 1. The molecule has 0 aromatic heterocycles. The maximum Gasteiger partial charge on any atom is 0.303 e. The Morgan fingerprint density at radius 3 is 2.67 bits per heavy atom. The Morgan fingerprint density at radius 1 is 1.27 bits per heavy atom. The lowest BCUT2D eigenvalue weighted by Gasteiger charge is -2.59. The smallest absolute Gasteiger partial charge is 0.303 e. The van der Waals surface area contributed by atoms with Crippen molar-refractivity contribution in [2.75, 3.05) is 6.61 Å². The van der Waals surface area contributed by atoms with Crippen molar-refractivity contribution in [2.24, 2.45) is 34.5 Å². The van der Waals surface area contributed by atoms with Crippen LogP contribution >= 0.6 is 0 Å². The van der Waals surface area contributed by atoms with Gasteiger partial charge in [-0.1, -0.05) is 45.3 Å². The molecule has 3 fully saturated rings. The molecular weight excluding hydrogens is 420 g/mol. The van der Waals surface area contributed by atoms with Gasteiger partial charge in [-0.2, -0.15) is 0 Å². The van der Waals surface area contributed by atoms with Crippen LogP contribution in [0.25, 0.3) is 0 Å². The molecule has 0 heterocycles. The van der Waals surface area contributed by atoms with E-state index in [4.69, 9.17) is 4.74 Å². The van der Waals surface area contributed by atoms with E-state index in [-0.39, 0.29) is 34.9 Å². The minimum atomic E-state index is -1.64. The maximum absolute atomic E-state index is 13.4. The second kappa shape index (κ2) is 8.46. The molecule has 33 heavy (non-hydrogen) atoms. The van der Waals surface area contributed by atoms with Crippen LogP contribution in [-0.4, -0.2) is 46.1 Å². The Hall–Kier alpha value is -1.79. The van der Waals surface area contributed by atoms with Gasteiger partial charge in [0.1, 0.15) is 5.60 Å². The van der Waals surface area contributed by atoms with E-state index in [1.54, 1.807) is 12.2 Å². The molecule has 6 heteroatoms. The molecule has 182 valence electrons.